The molecule has 3 saturated carbocycles. The molecule has 0 radical (unpaired) electrons. The van der Waals surface area contributed by atoms with E-state index in [9.17, 15) is 29.7 Å². The summed E-state index contributed by atoms with van der Waals surface area (Å²) < 4.78 is 22.8. The summed E-state index contributed by atoms with van der Waals surface area (Å²) in [7, 11) is 0. The van der Waals surface area contributed by atoms with Crippen LogP contribution in [0.4, 0.5) is 14.0 Å². The molecule has 3 fully saturated rings. The zero-order valence-corrected chi connectivity index (χ0v) is 25.6. The topological polar surface area (TPSA) is 167 Å². The number of carbonyl (C=O) groups excluding carboxylic acids is 3. The van der Waals surface area contributed by atoms with Gasteiger partial charge in [-0.05, 0) is 88.4 Å². The number of fused-ring (bicyclic) bond motifs is 5. The maximum atomic E-state index is 17.5. The minimum Gasteiger partial charge on any atom is -0.440 e. The van der Waals surface area contributed by atoms with Crippen LogP contribution in [0.5, 0.6) is 0 Å². The molecular weight excluding hydrogens is 573 g/mol. The van der Waals surface area contributed by atoms with Crippen LogP contribution in [-0.4, -0.2) is 69.1 Å². The van der Waals surface area contributed by atoms with E-state index in [0.29, 0.717) is 37.0 Å². The number of aliphatic hydroxyl groups excluding tert-OH is 2. The SMILES string of the molecule is C[C@@H]1C[C@H]2[C@@H]3CCC4=C/C(=N/NC(=O)ONC(=O)OC5/C=C/CCCCC5)C=C[C@]4(C)[C@@]3(F)[C@@H](O)C[C@]2(C)[C@@]1(O)C(=O)CO. The molecule has 0 spiro atoms. The fourth-order valence-corrected chi connectivity index (χ4v) is 8.95. The molecule has 0 bridgehead atoms. The van der Waals surface area contributed by atoms with Crippen LogP contribution in [0.15, 0.2) is 41.1 Å². The Morgan fingerprint density at radius 3 is 2.66 bits per heavy atom. The van der Waals surface area contributed by atoms with Gasteiger partial charge in [0.15, 0.2) is 11.5 Å². The summed E-state index contributed by atoms with van der Waals surface area (Å²) in [5.74, 6) is -2.22. The Morgan fingerprint density at radius 1 is 1.14 bits per heavy atom. The van der Waals surface area contributed by atoms with Crippen LogP contribution in [0.2, 0.25) is 0 Å². The second kappa shape index (κ2) is 12.0. The van der Waals surface area contributed by atoms with Crippen LogP contribution in [0.3, 0.4) is 0 Å². The van der Waals surface area contributed by atoms with Crippen LogP contribution < -0.4 is 10.9 Å². The number of carbonyl (C=O) groups is 3. The molecule has 0 aliphatic heterocycles. The van der Waals surface area contributed by atoms with Crippen molar-refractivity contribution in [2.45, 2.75) is 102 Å². The van der Waals surface area contributed by atoms with Crippen LogP contribution >= 0.6 is 0 Å². The van der Waals surface area contributed by atoms with Gasteiger partial charge in [0.1, 0.15) is 18.3 Å². The molecule has 5 aliphatic rings. The standard InChI is InChI=1S/C32H44FN3O8/c1-19-15-24-23-12-11-20-16-21(34-35-27(40)44-36-28(41)43-22-9-7-5-4-6-8-10-22)13-14-29(20,2)31(23,33)25(38)17-30(24,3)32(19,42)26(39)18-37/h7,9,13-14,16,19,22-25,37-38,42H,4-6,8,10-12,15,17-18H2,1-3H3,(H,35,40)(H,36,41)/b9-7+,34-21+/t19-,22?,23+,24+,25+,29+,30+,31+,32+/m1/s1. The number of nitrogens with zero attached hydrogens (tertiary/aromatic N) is 1. The zero-order chi connectivity index (χ0) is 31.9. The highest BCUT2D eigenvalue weighted by Crippen LogP contribution is 2.70. The highest BCUT2D eigenvalue weighted by Gasteiger charge is 2.75. The highest BCUT2D eigenvalue weighted by atomic mass is 19.1. The van der Waals surface area contributed by atoms with Gasteiger partial charge in [0.2, 0.25) is 0 Å². The van der Waals surface area contributed by atoms with E-state index in [4.69, 9.17) is 9.57 Å². The van der Waals surface area contributed by atoms with Crippen LogP contribution in [0, 0.1) is 28.6 Å². The number of aliphatic hydroxyl groups is 3. The number of ether oxygens (including phenoxy) is 1. The van der Waals surface area contributed by atoms with Crippen molar-refractivity contribution >= 4 is 23.7 Å². The minimum atomic E-state index is -2.08. The smallest absolute Gasteiger partial charge is 0.440 e. The van der Waals surface area contributed by atoms with Crippen molar-refractivity contribution in [2.24, 2.45) is 33.7 Å². The van der Waals surface area contributed by atoms with Crippen LogP contribution in [-0.2, 0) is 14.4 Å². The summed E-state index contributed by atoms with van der Waals surface area (Å²) in [6.07, 6.45) is 10.7. The quantitative estimate of drug-likeness (QED) is 0.234. The molecule has 0 aromatic heterocycles. The Bertz CT molecular complexity index is 1300. The maximum Gasteiger partial charge on any atom is 0.452 e. The maximum absolute atomic E-state index is 17.5. The molecule has 2 amide bonds. The first-order chi connectivity index (χ1) is 20.8. The number of hydrazone groups is 1. The molecule has 1 unspecified atom stereocenters. The summed E-state index contributed by atoms with van der Waals surface area (Å²) in [5.41, 5.74) is -1.06. The van der Waals surface area contributed by atoms with E-state index in [1.54, 1.807) is 39.0 Å². The Balaban J connectivity index is 1.25. The van der Waals surface area contributed by atoms with Gasteiger partial charge in [0, 0.05) is 16.7 Å². The third-order valence-corrected chi connectivity index (χ3v) is 11.3. The summed E-state index contributed by atoms with van der Waals surface area (Å²) >= 11 is 0. The normalized spacial score (nSPS) is 42.8. The van der Waals surface area contributed by atoms with E-state index in [0.717, 1.165) is 25.7 Å². The largest absolute Gasteiger partial charge is 0.452 e. The minimum absolute atomic E-state index is 0.130. The number of Topliss-reactive ketones (excluding diaryl/α,β-unsaturated/α-hetero) is 1. The highest BCUT2D eigenvalue weighted by molar-refractivity contribution is 6.06. The van der Waals surface area contributed by atoms with Crippen molar-refractivity contribution < 1.29 is 43.7 Å². The number of hydrogen-bond donors (Lipinski definition) is 5. The summed E-state index contributed by atoms with van der Waals surface area (Å²) in [5, 5.41) is 36.7. The van der Waals surface area contributed by atoms with Gasteiger partial charge in [-0.2, -0.15) is 5.10 Å². The van der Waals surface area contributed by atoms with Crippen molar-refractivity contribution in [3.8, 4) is 0 Å². The third-order valence-electron chi connectivity index (χ3n) is 11.3. The van der Waals surface area contributed by atoms with Crippen molar-refractivity contribution in [3.05, 3.63) is 36.0 Å². The Morgan fingerprint density at radius 2 is 1.91 bits per heavy atom. The first kappa shape index (κ1) is 32.3. The van der Waals surface area contributed by atoms with Gasteiger partial charge in [-0.3, -0.25) is 4.79 Å². The molecule has 44 heavy (non-hydrogen) atoms. The van der Waals surface area contributed by atoms with Gasteiger partial charge in [-0.1, -0.05) is 38.0 Å². The Labute approximate surface area is 256 Å². The summed E-state index contributed by atoms with van der Waals surface area (Å²) in [6, 6.07) is 0. The number of amides is 2. The molecule has 0 heterocycles. The fourth-order valence-electron chi connectivity index (χ4n) is 8.95. The number of nitrogens with one attached hydrogen (secondary N) is 2. The van der Waals surface area contributed by atoms with Crippen molar-refractivity contribution in [2.75, 3.05) is 6.61 Å². The van der Waals surface area contributed by atoms with Gasteiger partial charge in [-0.25, -0.2) is 19.4 Å². The average molecular weight is 618 g/mol. The van der Waals surface area contributed by atoms with Gasteiger partial charge in [0.05, 0.1) is 11.8 Å². The van der Waals surface area contributed by atoms with Gasteiger partial charge >= 0.3 is 12.2 Å². The predicted molar refractivity (Wildman–Crippen MR) is 158 cm³/mol. The molecule has 12 heteroatoms. The first-order valence-corrected chi connectivity index (χ1v) is 15.6. The third kappa shape index (κ3) is 5.08. The number of hydrogen-bond acceptors (Lipinski definition) is 9. The molecule has 0 aromatic carbocycles. The molecule has 5 N–H and O–H groups in total. The number of rotatable bonds is 4. The molecule has 5 aliphatic carbocycles. The lowest BCUT2D eigenvalue weighted by Crippen LogP contribution is -2.69. The van der Waals surface area contributed by atoms with E-state index < -0.39 is 70.7 Å². The molecular formula is C32H44FN3O8. The van der Waals surface area contributed by atoms with E-state index >= 15 is 4.39 Å². The number of ketones is 1. The monoisotopic (exact) mass is 617 g/mol. The molecule has 5 rings (SSSR count). The molecule has 0 saturated heterocycles. The van der Waals surface area contributed by atoms with Crippen molar-refractivity contribution in [3.63, 3.8) is 0 Å². The zero-order valence-electron chi connectivity index (χ0n) is 25.6. The molecule has 9 atom stereocenters. The lowest BCUT2D eigenvalue weighted by Gasteiger charge is -2.62. The number of halogens is 1. The van der Waals surface area contributed by atoms with E-state index in [-0.39, 0.29) is 12.3 Å². The summed E-state index contributed by atoms with van der Waals surface area (Å²) in [4.78, 5) is 41.7. The van der Waals surface area contributed by atoms with E-state index in [2.05, 4.69) is 10.5 Å². The number of allylic oxidation sites excluding steroid dienone is 5. The molecule has 11 nitrogen and oxygen atoms in total. The number of alkyl halides is 1. The second-order valence-electron chi connectivity index (χ2n) is 13.5. The van der Waals surface area contributed by atoms with Gasteiger partial charge in [-0.15, -0.1) is 5.48 Å². The molecule has 242 valence electrons. The second-order valence-corrected chi connectivity index (χ2v) is 13.5. The van der Waals surface area contributed by atoms with Crippen LogP contribution in [0.1, 0.15) is 78.6 Å². The van der Waals surface area contributed by atoms with E-state index in [1.807, 2.05) is 17.6 Å². The lowest BCUT2D eigenvalue weighted by molar-refractivity contribution is -0.219. The Hall–Kier alpha value is -3.09. The van der Waals surface area contributed by atoms with Gasteiger partial charge in [0.25, 0.3) is 0 Å². The van der Waals surface area contributed by atoms with Crippen molar-refractivity contribution in [1.29, 1.82) is 0 Å². The van der Waals surface area contributed by atoms with Crippen LogP contribution in [0.25, 0.3) is 0 Å². The Kier molecular flexibility index (Phi) is 8.82. The average Bonchev–Trinajstić information content (AvgIpc) is 3.17. The van der Waals surface area contributed by atoms with Gasteiger partial charge < -0.3 is 24.9 Å². The first-order valence-electron chi connectivity index (χ1n) is 15.6. The summed E-state index contributed by atoms with van der Waals surface area (Å²) in [6.45, 7) is 4.40. The molecule has 0 aromatic rings. The van der Waals surface area contributed by atoms with Crippen molar-refractivity contribution in [1.82, 2.24) is 10.9 Å². The fraction of sp³-hybridized carbons (Fsp3) is 0.688. The predicted octanol–water partition coefficient (Wildman–Crippen LogP) is 3.94. The number of hydroxylamine groups is 1. The lowest BCUT2D eigenvalue weighted by atomic mass is 9.44. The van der Waals surface area contributed by atoms with E-state index in [1.165, 1.54) is 0 Å².